The number of amides is 1. The van der Waals surface area contributed by atoms with Gasteiger partial charge in [0.05, 0.1) is 6.42 Å². The Morgan fingerprint density at radius 3 is 3.00 bits per heavy atom. The second kappa shape index (κ2) is 3.57. The number of fused-ring (bicyclic) bond motifs is 1. The highest BCUT2D eigenvalue weighted by Crippen LogP contribution is 2.24. The first-order valence-corrected chi connectivity index (χ1v) is 4.49. The van der Waals surface area contributed by atoms with Crippen LogP contribution in [0.1, 0.15) is 11.1 Å². The molecule has 0 atom stereocenters. The Morgan fingerprint density at radius 2 is 2.27 bits per heavy atom. The predicted molar refractivity (Wildman–Crippen MR) is 55.4 cm³/mol. The lowest BCUT2D eigenvalue weighted by Crippen LogP contribution is -2.03. The molecule has 1 amide bonds. The molecule has 2 N–H and O–H groups in total. The number of carbonyl (C=O) groups is 2. The molecule has 0 unspecified atom stereocenters. The molecular formula is C11H9NO3. The molecule has 0 saturated carbocycles. The van der Waals surface area contributed by atoms with Gasteiger partial charge >= 0.3 is 5.97 Å². The van der Waals surface area contributed by atoms with E-state index in [4.69, 9.17) is 5.11 Å². The molecule has 0 aromatic heterocycles. The van der Waals surface area contributed by atoms with E-state index in [9.17, 15) is 9.59 Å². The highest BCUT2D eigenvalue weighted by atomic mass is 16.4. The zero-order valence-corrected chi connectivity index (χ0v) is 7.86. The molecule has 0 fully saturated rings. The van der Waals surface area contributed by atoms with Crippen LogP contribution in [0, 0.1) is 0 Å². The maximum atomic E-state index is 11.1. The fourth-order valence-corrected chi connectivity index (χ4v) is 1.52. The van der Waals surface area contributed by atoms with Crippen LogP contribution in [-0.4, -0.2) is 17.0 Å². The van der Waals surface area contributed by atoms with Crippen LogP contribution in [-0.2, 0) is 16.0 Å². The van der Waals surface area contributed by atoms with Crippen molar-refractivity contribution in [3.05, 3.63) is 35.4 Å². The van der Waals surface area contributed by atoms with Gasteiger partial charge in [-0.05, 0) is 29.3 Å². The number of carbonyl (C=O) groups excluding carboxylic acids is 1. The molecular weight excluding hydrogens is 194 g/mol. The molecule has 15 heavy (non-hydrogen) atoms. The highest BCUT2D eigenvalue weighted by molar-refractivity contribution is 5.99. The first-order valence-electron chi connectivity index (χ1n) is 4.49. The van der Waals surface area contributed by atoms with Gasteiger partial charge in [0.2, 0.25) is 5.91 Å². The number of nitrogens with one attached hydrogen (secondary N) is 1. The number of anilines is 1. The summed E-state index contributed by atoms with van der Waals surface area (Å²) in [5.74, 6) is -1.01. The van der Waals surface area contributed by atoms with Crippen LogP contribution in [0.3, 0.4) is 0 Å². The Labute approximate surface area is 86.2 Å². The summed E-state index contributed by atoms with van der Waals surface area (Å²) in [6.45, 7) is 0. The zero-order valence-electron chi connectivity index (χ0n) is 7.86. The molecule has 0 radical (unpaired) electrons. The zero-order chi connectivity index (χ0) is 10.8. The van der Waals surface area contributed by atoms with E-state index < -0.39 is 5.97 Å². The van der Waals surface area contributed by atoms with Crippen LogP contribution < -0.4 is 5.32 Å². The van der Waals surface area contributed by atoms with E-state index in [2.05, 4.69) is 5.32 Å². The number of benzene rings is 1. The molecule has 76 valence electrons. The Hall–Kier alpha value is -2.10. The Morgan fingerprint density at radius 1 is 1.47 bits per heavy atom. The van der Waals surface area contributed by atoms with Crippen LogP contribution in [0.15, 0.2) is 24.3 Å². The summed E-state index contributed by atoms with van der Waals surface area (Å²) in [7, 11) is 0. The van der Waals surface area contributed by atoms with Crippen molar-refractivity contribution in [2.75, 3.05) is 5.32 Å². The molecule has 1 aliphatic rings. The summed E-state index contributed by atoms with van der Waals surface area (Å²) >= 11 is 0. The average molecular weight is 203 g/mol. The van der Waals surface area contributed by atoms with Crippen molar-refractivity contribution < 1.29 is 14.7 Å². The maximum absolute atomic E-state index is 11.1. The molecule has 0 saturated heterocycles. The molecule has 0 spiro atoms. The standard InChI is InChI=1S/C11H9NO3/c13-10-6-8-5-7(2-4-11(14)15)1-3-9(8)12-10/h1-5H,6H2,(H,12,13)(H,14,15)/b4-2+. The largest absolute Gasteiger partial charge is 0.478 e. The molecule has 1 heterocycles. The number of aliphatic carboxylic acids is 1. The van der Waals surface area contributed by atoms with E-state index in [1.165, 1.54) is 6.08 Å². The van der Waals surface area contributed by atoms with Crippen LogP contribution in [0.4, 0.5) is 5.69 Å². The van der Waals surface area contributed by atoms with Crippen molar-refractivity contribution >= 4 is 23.6 Å². The van der Waals surface area contributed by atoms with Crippen molar-refractivity contribution in [1.29, 1.82) is 0 Å². The van der Waals surface area contributed by atoms with Gasteiger partial charge in [-0.3, -0.25) is 4.79 Å². The molecule has 1 aromatic carbocycles. The average Bonchev–Trinajstić information content (AvgIpc) is 2.53. The SMILES string of the molecule is O=C(O)/C=C/c1ccc2c(c1)CC(=O)N2. The van der Waals surface area contributed by atoms with Gasteiger partial charge in [0.1, 0.15) is 0 Å². The van der Waals surface area contributed by atoms with E-state index in [0.717, 1.165) is 22.9 Å². The number of rotatable bonds is 2. The minimum atomic E-state index is -0.982. The summed E-state index contributed by atoms with van der Waals surface area (Å²) in [5.41, 5.74) is 2.51. The van der Waals surface area contributed by atoms with E-state index in [1.54, 1.807) is 12.1 Å². The number of carboxylic acids is 1. The normalized spacial score (nSPS) is 14.0. The quantitative estimate of drug-likeness (QED) is 0.711. The van der Waals surface area contributed by atoms with E-state index in [-0.39, 0.29) is 5.91 Å². The van der Waals surface area contributed by atoms with Gasteiger partial charge in [-0.15, -0.1) is 0 Å². The lowest BCUT2D eigenvalue weighted by atomic mass is 10.1. The highest BCUT2D eigenvalue weighted by Gasteiger charge is 2.16. The molecule has 0 aliphatic carbocycles. The number of hydrogen-bond acceptors (Lipinski definition) is 2. The maximum Gasteiger partial charge on any atom is 0.328 e. The van der Waals surface area contributed by atoms with Crippen molar-refractivity contribution in [2.24, 2.45) is 0 Å². The number of carboxylic acid groups (broad SMARTS) is 1. The summed E-state index contributed by atoms with van der Waals surface area (Å²) < 4.78 is 0. The summed E-state index contributed by atoms with van der Waals surface area (Å²) in [6.07, 6.45) is 2.95. The monoisotopic (exact) mass is 203 g/mol. The van der Waals surface area contributed by atoms with E-state index in [0.29, 0.717) is 6.42 Å². The Bertz CT molecular complexity index is 463. The van der Waals surface area contributed by atoms with Gasteiger partial charge in [0.15, 0.2) is 0 Å². The lowest BCUT2D eigenvalue weighted by molar-refractivity contribution is -0.131. The topological polar surface area (TPSA) is 66.4 Å². The van der Waals surface area contributed by atoms with E-state index in [1.807, 2.05) is 6.07 Å². The molecule has 2 rings (SSSR count). The third-order valence-corrected chi connectivity index (χ3v) is 2.17. The Kier molecular flexibility index (Phi) is 2.25. The van der Waals surface area contributed by atoms with Crippen molar-refractivity contribution in [2.45, 2.75) is 6.42 Å². The summed E-state index contributed by atoms with van der Waals surface area (Å²) in [6, 6.07) is 5.36. The second-order valence-corrected chi connectivity index (χ2v) is 3.31. The van der Waals surface area contributed by atoms with Crippen LogP contribution in [0.25, 0.3) is 6.08 Å². The predicted octanol–water partition coefficient (Wildman–Crippen LogP) is 1.28. The first kappa shape index (κ1) is 9.45. The van der Waals surface area contributed by atoms with Gasteiger partial charge in [-0.1, -0.05) is 6.07 Å². The molecule has 1 aliphatic heterocycles. The minimum Gasteiger partial charge on any atom is -0.478 e. The fourth-order valence-electron chi connectivity index (χ4n) is 1.52. The summed E-state index contributed by atoms with van der Waals surface area (Å²) in [4.78, 5) is 21.4. The van der Waals surface area contributed by atoms with Crippen molar-refractivity contribution in [1.82, 2.24) is 0 Å². The smallest absolute Gasteiger partial charge is 0.328 e. The lowest BCUT2D eigenvalue weighted by Gasteiger charge is -1.98. The van der Waals surface area contributed by atoms with Gasteiger partial charge in [-0.25, -0.2) is 4.79 Å². The van der Waals surface area contributed by atoms with Gasteiger partial charge in [0.25, 0.3) is 0 Å². The van der Waals surface area contributed by atoms with Crippen LogP contribution in [0.2, 0.25) is 0 Å². The Balaban J connectivity index is 2.27. The third-order valence-electron chi connectivity index (χ3n) is 2.17. The summed E-state index contributed by atoms with van der Waals surface area (Å²) in [5, 5.41) is 11.2. The fraction of sp³-hybridized carbons (Fsp3) is 0.0909. The van der Waals surface area contributed by atoms with Gasteiger partial charge < -0.3 is 10.4 Å². The van der Waals surface area contributed by atoms with Gasteiger partial charge in [-0.2, -0.15) is 0 Å². The first-order chi connectivity index (χ1) is 7.15. The van der Waals surface area contributed by atoms with Crippen molar-refractivity contribution in [3.63, 3.8) is 0 Å². The molecule has 0 bridgehead atoms. The molecule has 1 aromatic rings. The third kappa shape index (κ3) is 2.04. The van der Waals surface area contributed by atoms with Crippen molar-refractivity contribution in [3.8, 4) is 0 Å². The molecule has 4 heteroatoms. The van der Waals surface area contributed by atoms with Crippen LogP contribution >= 0.6 is 0 Å². The van der Waals surface area contributed by atoms with Gasteiger partial charge in [0, 0.05) is 11.8 Å². The second-order valence-electron chi connectivity index (χ2n) is 3.31. The van der Waals surface area contributed by atoms with E-state index >= 15 is 0 Å². The molecule has 4 nitrogen and oxygen atoms in total. The minimum absolute atomic E-state index is 0.0237. The number of hydrogen-bond donors (Lipinski definition) is 2. The van der Waals surface area contributed by atoms with Crippen LogP contribution in [0.5, 0.6) is 0 Å².